The summed E-state index contributed by atoms with van der Waals surface area (Å²) in [6.07, 6.45) is 4.39. The van der Waals surface area contributed by atoms with Crippen molar-refractivity contribution in [1.29, 1.82) is 0 Å². The van der Waals surface area contributed by atoms with Crippen molar-refractivity contribution < 1.29 is 4.79 Å². The minimum Gasteiger partial charge on any atom is -0.372 e. The van der Waals surface area contributed by atoms with Crippen molar-refractivity contribution in [2.75, 3.05) is 18.0 Å². The number of benzene rings is 2. The molecule has 2 aliphatic heterocycles. The van der Waals surface area contributed by atoms with Crippen molar-refractivity contribution in [2.24, 2.45) is 10.2 Å². The maximum atomic E-state index is 12.6. The molecule has 1 N–H and O–H groups in total. The fourth-order valence-corrected chi connectivity index (χ4v) is 6.56. The van der Waals surface area contributed by atoms with Gasteiger partial charge < -0.3 is 9.80 Å². The zero-order valence-corrected chi connectivity index (χ0v) is 21.7. The van der Waals surface area contributed by atoms with Gasteiger partial charge in [-0.3, -0.25) is 10.1 Å². The molecule has 0 bridgehead atoms. The van der Waals surface area contributed by atoms with Crippen LogP contribution in [0.25, 0.3) is 15.6 Å². The number of thiocarbonyl (C=S) groups is 1. The Morgan fingerprint density at radius 3 is 2.56 bits per heavy atom. The molecular formula is C26H22N6OS3. The van der Waals surface area contributed by atoms with Crippen molar-refractivity contribution in [3.63, 3.8) is 0 Å². The van der Waals surface area contributed by atoms with E-state index in [9.17, 15) is 4.79 Å². The third-order valence-corrected chi connectivity index (χ3v) is 8.43. The number of rotatable bonds is 6. The Morgan fingerprint density at radius 1 is 1.03 bits per heavy atom. The van der Waals surface area contributed by atoms with Gasteiger partial charge in [0.2, 0.25) is 5.13 Å². The molecule has 2 aliphatic rings. The second-order valence-corrected chi connectivity index (χ2v) is 11.0. The molecule has 4 aromatic rings. The Hall–Kier alpha value is -3.47. The lowest BCUT2D eigenvalue weighted by molar-refractivity contribution is -0.115. The third kappa shape index (κ3) is 4.79. The van der Waals surface area contributed by atoms with Crippen LogP contribution in [0.5, 0.6) is 0 Å². The largest absolute Gasteiger partial charge is 0.372 e. The Labute approximate surface area is 221 Å². The molecule has 0 spiro atoms. The topological polar surface area (TPSA) is 73.2 Å². The van der Waals surface area contributed by atoms with E-state index in [1.54, 1.807) is 0 Å². The van der Waals surface area contributed by atoms with Crippen molar-refractivity contribution in [3.05, 3.63) is 76.8 Å². The van der Waals surface area contributed by atoms with E-state index in [1.807, 2.05) is 59.5 Å². The van der Waals surface area contributed by atoms with E-state index in [-0.39, 0.29) is 5.91 Å². The Morgan fingerprint density at radius 2 is 1.81 bits per heavy atom. The molecule has 0 radical (unpaired) electrons. The third-order valence-electron chi connectivity index (χ3n) is 6.12. The van der Waals surface area contributed by atoms with Crippen LogP contribution in [0.3, 0.4) is 0 Å². The van der Waals surface area contributed by atoms with Crippen LogP contribution in [0.15, 0.2) is 76.6 Å². The molecule has 2 saturated heterocycles. The molecule has 4 heterocycles. The molecule has 2 aromatic carbocycles. The number of thiophene rings is 1. The number of hydrogen-bond acceptors (Lipinski definition) is 8. The normalized spacial score (nSPS) is 17.3. The summed E-state index contributed by atoms with van der Waals surface area (Å²) in [6, 6.07) is 20.2. The summed E-state index contributed by atoms with van der Waals surface area (Å²) in [6.45, 7) is 2.78. The molecule has 2 fully saturated rings. The van der Waals surface area contributed by atoms with Crippen LogP contribution in [-0.2, 0) is 11.3 Å². The van der Waals surface area contributed by atoms with E-state index in [0.717, 1.165) is 38.7 Å². The number of carbonyl (C=O) groups is 1. The van der Waals surface area contributed by atoms with Crippen molar-refractivity contribution in [1.82, 2.24) is 15.2 Å². The van der Waals surface area contributed by atoms with Crippen LogP contribution in [0.2, 0.25) is 0 Å². The monoisotopic (exact) mass is 530 g/mol. The molecule has 0 aliphatic carbocycles. The average Bonchev–Trinajstić information content (AvgIpc) is 3.66. The van der Waals surface area contributed by atoms with E-state index in [2.05, 4.69) is 37.6 Å². The predicted octanol–water partition coefficient (Wildman–Crippen LogP) is 6.63. The number of hydrogen-bond donors (Lipinski definition) is 1. The number of amides is 1. The first-order valence-corrected chi connectivity index (χ1v) is 13.7. The van der Waals surface area contributed by atoms with Gasteiger partial charge in [-0.05, 0) is 67.0 Å². The van der Waals surface area contributed by atoms with Gasteiger partial charge in [0.25, 0.3) is 5.91 Å². The van der Waals surface area contributed by atoms with Gasteiger partial charge in [-0.2, -0.15) is 0 Å². The van der Waals surface area contributed by atoms with Crippen LogP contribution >= 0.6 is 34.9 Å². The predicted molar refractivity (Wildman–Crippen MR) is 150 cm³/mol. The number of azo groups is 1. The van der Waals surface area contributed by atoms with Crippen LogP contribution < -0.4 is 10.2 Å². The molecule has 10 heteroatoms. The van der Waals surface area contributed by atoms with Gasteiger partial charge in [-0.25, -0.2) is 4.98 Å². The Bertz CT molecular complexity index is 1450. The highest BCUT2D eigenvalue weighted by molar-refractivity contribution is 7.80. The second kappa shape index (κ2) is 9.88. The van der Waals surface area contributed by atoms with Gasteiger partial charge in [0.1, 0.15) is 10.5 Å². The number of aromatic nitrogens is 1. The molecule has 2 aromatic heterocycles. The zero-order chi connectivity index (χ0) is 24.5. The summed E-state index contributed by atoms with van der Waals surface area (Å²) in [4.78, 5) is 23.2. The van der Waals surface area contributed by atoms with Gasteiger partial charge in [0.05, 0.1) is 16.9 Å². The number of carbonyl (C=O) groups excluding carboxylic acids is 1. The van der Waals surface area contributed by atoms with Crippen molar-refractivity contribution in [3.8, 4) is 0 Å². The highest BCUT2D eigenvalue weighted by Gasteiger charge is 2.30. The fourth-order valence-electron chi connectivity index (χ4n) is 4.32. The van der Waals surface area contributed by atoms with Gasteiger partial charge >= 0.3 is 0 Å². The summed E-state index contributed by atoms with van der Waals surface area (Å²) in [5, 5.41) is 12.5. The minimum absolute atomic E-state index is 0.189. The maximum Gasteiger partial charge on any atom is 0.274 e. The fraction of sp³-hybridized carbons (Fsp3) is 0.192. The first-order valence-electron chi connectivity index (χ1n) is 11.7. The molecular weight excluding hydrogens is 509 g/mol. The number of nitrogens with zero attached hydrogens (tertiary/aromatic N) is 5. The standard InChI is InChI=1S/C26H22N6OS3/c33-23-21(32(26(34)27-23)16-17-6-2-1-3-7-17)14-20-15-22-24(35-20)28-25(36-22)30-29-18-8-10-19(11-9-18)31-12-4-5-13-31/h1-3,6-11,14-15H,4-5,12-13,16H2,(H,27,33,34)/b21-14+,30-29+. The van der Waals surface area contributed by atoms with Crippen LogP contribution in [0.4, 0.5) is 16.5 Å². The van der Waals surface area contributed by atoms with E-state index in [0.29, 0.717) is 22.5 Å². The van der Waals surface area contributed by atoms with Gasteiger partial charge in [-0.15, -0.1) is 21.6 Å². The highest BCUT2D eigenvalue weighted by atomic mass is 32.1. The second-order valence-electron chi connectivity index (χ2n) is 8.59. The lowest BCUT2D eigenvalue weighted by Gasteiger charge is -2.17. The number of anilines is 1. The number of nitrogens with one attached hydrogen (secondary N) is 1. The first kappa shape index (κ1) is 23.0. The van der Waals surface area contributed by atoms with Gasteiger partial charge in [0, 0.05) is 23.7 Å². The van der Waals surface area contributed by atoms with Gasteiger partial charge in [-0.1, -0.05) is 41.7 Å². The molecule has 1 amide bonds. The molecule has 180 valence electrons. The van der Waals surface area contributed by atoms with Crippen LogP contribution in [0.1, 0.15) is 23.3 Å². The lowest BCUT2D eigenvalue weighted by Crippen LogP contribution is -2.26. The molecule has 6 rings (SSSR count). The molecule has 0 atom stereocenters. The maximum absolute atomic E-state index is 12.6. The van der Waals surface area contributed by atoms with E-state index in [4.69, 9.17) is 12.2 Å². The Balaban J connectivity index is 1.18. The minimum atomic E-state index is -0.189. The van der Waals surface area contributed by atoms with E-state index < -0.39 is 0 Å². The smallest absolute Gasteiger partial charge is 0.274 e. The summed E-state index contributed by atoms with van der Waals surface area (Å²) in [5.74, 6) is -0.189. The summed E-state index contributed by atoms with van der Waals surface area (Å²) < 4.78 is 1.01. The SMILES string of the molecule is O=C1NC(=S)N(Cc2ccccc2)/C1=C/c1cc2sc(/N=N/c3ccc(N4CCCC4)cc3)nc2s1. The molecule has 0 saturated carbocycles. The first-order chi connectivity index (χ1) is 17.6. The highest BCUT2D eigenvalue weighted by Crippen LogP contribution is 2.36. The van der Waals surface area contributed by atoms with E-state index >= 15 is 0 Å². The summed E-state index contributed by atoms with van der Waals surface area (Å²) in [5.41, 5.74) is 3.66. The zero-order valence-electron chi connectivity index (χ0n) is 19.3. The molecule has 36 heavy (non-hydrogen) atoms. The summed E-state index contributed by atoms with van der Waals surface area (Å²) in [7, 11) is 0. The Kier molecular flexibility index (Phi) is 6.30. The van der Waals surface area contributed by atoms with Crippen molar-refractivity contribution >= 4 is 78.0 Å². The van der Waals surface area contributed by atoms with Crippen molar-refractivity contribution in [2.45, 2.75) is 19.4 Å². The number of fused-ring (bicyclic) bond motifs is 1. The number of thiazole rings is 1. The summed E-state index contributed by atoms with van der Waals surface area (Å²) >= 11 is 8.41. The van der Waals surface area contributed by atoms with Gasteiger partial charge in [0.15, 0.2) is 5.11 Å². The van der Waals surface area contributed by atoms with Crippen LogP contribution in [0, 0.1) is 0 Å². The average molecular weight is 531 g/mol. The van der Waals surface area contributed by atoms with E-state index in [1.165, 1.54) is 41.2 Å². The quantitative estimate of drug-likeness (QED) is 0.172. The van der Waals surface area contributed by atoms with Crippen LogP contribution in [-0.4, -0.2) is 34.0 Å². The lowest BCUT2D eigenvalue weighted by atomic mass is 10.2. The molecule has 0 unspecified atom stereocenters. The molecule has 7 nitrogen and oxygen atoms in total.